The SMILES string of the molecule is C=CCN(CCC)C(=O)NC(C)(C)CC(=O)O. The molecule has 0 saturated carbocycles. The van der Waals surface area contributed by atoms with E-state index >= 15 is 0 Å². The second-order valence-corrected chi connectivity index (χ2v) is 4.62. The van der Waals surface area contributed by atoms with Crippen LogP contribution in [0.15, 0.2) is 12.7 Å². The summed E-state index contributed by atoms with van der Waals surface area (Å²) in [5, 5.41) is 11.4. The van der Waals surface area contributed by atoms with Gasteiger partial charge in [0.25, 0.3) is 0 Å². The van der Waals surface area contributed by atoms with Gasteiger partial charge in [-0.1, -0.05) is 13.0 Å². The summed E-state index contributed by atoms with van der Waals surface area (Å²) < 4.78 is 0. The molecule has 2 N–H and O–H groups in total. The molecule has 0 aliphatic carbocycles. The lowest BCUT2D eigenvalue weighted by atomic mass is 10.0. The Labute approximate surface area is 102 Å². The van der Waals surface area contributed by atoms with Crippen molar-refractivity contribution in [2.24, 2.45) is 0 Å². The van der Waals surface area contributed by atoms with Crippen LogP contribution in [-0.2, 0) is 4.79 Å². The molecule has 0 aliphatic heterocycles. The molecule has 5 nitrogen and oxygen atoms in total. The summed E-state index contributed by atoms with van der Waals surface area (Å²) >= 11 is 0. The first-order valence-electron chi connectivity index (χ1n) is 5.72. The van der Waals surface area contributed by atoms with E-state index in [1.165, 1.54) is 0 Å². The topological polar surface area (TPSA) is 69.6 Å². The minimum absolute atomic E-state index is 0.104. The Kier molecular flexibility index (Phi) is 6.31. The molecule has 0 heterocycles. The van der Waals surface area contributed by atoms with Crippen molar-refractivity contribution in [3.05, 3.63) is 12.7 Å². The Hall–Kier alpha value is -1.52. The molecule has 0 aliphatic rings. The van der Waals surface area contributed by atoms with Gasteiger partial charge in [-0.2, -0.15) is 0 Å². The van der Waals surface area contributed by atoms with E-state index in [-0.39, 0.29) is 12.5 Å². The van der Waals surface area contributed by atoms with Crippen molar-refractivity contribution in [3.8, 4) is 0 Å². The highest BCUT2D eigenvalue weighted by atomic mass is 16.4. The first-order valence-corrected chi connectivity index (χ1v) is 5.72. The van der Waals surface area contributed by atoms with Gasteiger partial charge in [-0.25, -0.2) is 4.79 Å². The zero-order valence-electron chi connectivity index (χ0n) is 10.8. The van der Waals surface area contributed by atoms with Gasteiger partial charge in [0.05, 0.1) is 6.42 Å². The Morgan fingerprint density at radius 1 is 1.47 bits per heavy atom. The van der Waals surface area contributed by atoms with E-state index in [1.54, 1.807) is 24.8 Å². The van der Waals surface area contributed by atoms with Crippen molar-refractivity contribution < 1.29 is 14.7 Å². The van der Waals surface area contributed by atoms with Crippen LogP contribution in [0.3, 0.4) is 0 Å². The van der Waals surface area contributed by atoms with Crippen molar-refractivity contribution in [2.75, 3.05) is 13.1 Å². The number of hydrogen-bond acceptors (Lipinski definition) is 2. The first kappa shape index (κ1) is 15.5. The van der Waals surface area contributed by atoms with Gasteiger partial charge >= 0.3 is 12.0 Å². The summed E-state index contributed by atoms with van der Waals surface area (Å²) in [4.78, 5) is 24.1. The van der Waals surface area contributed by atoms with Crippen molar-refractivity contribution in [1.82, 2.24) is 10.2 Å². The van der Waals surface area contributed by atoms with E-state index in [2.05, 4.69) is 11.9 Å². The predicted octanol–water partition coefficient (Wildman–Crippen LogP) is 1.85. The predicted molar refractivity (Wildman–Crippen MR) is 66.9 cm³/mol. The average molecular weight is 242 g/mol. The normalized spacial score (nSPS) is 10.8. The van der Waals surface area contributed by atoms with E-state index in [0.29, 0.717) is 13.1 Å². The third kappa shape index (κ3) is 6.60. The molecule has 0 aromatic rings. The number of carboxylic acid groups (broad SMARTS) is 1. The van der Waals surface area contributed by atoms with Gasteiger partial charge < -0.3 is 15.3 Å². The molecule has 0 bridgehead atoms. The van der Waals surface area contributed by atoms with Crippen LogP contribution in [0, 0.1) is 0 Å². The summed E-state index contributed by atoms with van der Waals surface area (Å²) in [5.74, 6) is -0.930. The Balaban J connectivity index is 4.46. The molecule has 0 fully saturated rings. The smallest absolute Gasteiger partial charge is 0.318 e. The van der Waals surface area contributed by atoms with Gasteiger partial charge in [-0.15, -0.1) is 6.58 Å². The lowest BCUT2D eigenvalue weighted by molar-refractivity contribution is -0.138. The molecule has 0 rings (SSSR count). The highest BCUT2D eigenvalue weighted by molar-refractivity contribution is 5.76. The molecule has 0 aromatic carbocycles. The monoisotopic (exact) mass is 242 g/mol. The summed E-state index contributed by atoms with van der Waals surface area (Å²) in [6.07, 6.45) is 2.40. The second-order valence-electron chi connectivity index (χ2n) is 4.62. The number of carboxylic acids is 1. The first-order chi connectivity index (χ1) is 7.82. The van der Waals surface area contributed by atoms with Crippen molar-refractivity contribution in [1.29, 1.82) is 0 Å². The van der Waals surface area contributed by atoms with Crippen LogP contribution in [0.2, 0.25) is 0 Å². The van der Waals surface area contributed by atoms with Crippen LogP contribution >= 0.6 is 0 Å². The van der Waals surface area contributed by atoms with Crippen LogP contribution in [0.4, 0.5) is 4.79 Å². The third-order valence-corrected chi connectivity index (χ3v) is 2.17. The molecule has 0 atom stereocenters. The van der Waals surface area contributed by atoms with Gasteiger partial charge in [0.1, 0.15) is 0 Å². The quantitative estimate of drug-likeness (QED) is 0.669. The standard InChI is InChI=1S/C12H22N2O3/c1-5-7-14(8-6-2)11(17)13-12(3,4)9-10(15)16/h5H,1,6-9H2,2-4H3,(H,13,17)(H,15,16). The Bertz CT molecular complexity index is 287. The van der Waals surface area contributed by atoms with Crippen LogP contribution in [-0.4, -0.2) is 40.6 Å². The number of carbonyl (C=O) groups excluding carboxylic acids is 1. The molecule has 0 saturated heterocycles. The van der Waals surface area contributed by atoms with E-state index in [0.717, 1.165) is 6.42 Å². The number of carbonyl (C=O) groups is 2. The lowest BCUT2D eigenvalue weighted by Gasteiger charge is -2.29. The van der Waals surface area contributed by atoms with Crippen LogP contribution in [0.5, 0.6) is 0 Å². The molecule has 0 spiro atoms. The van der Waals surface area contributed by atoms with Gasteiger partial charge in [0.2, 0.25) is 0 Å². The fourth-order valence-corrected chi connectivity index (χ4v) is 1.49. The van der Waals surface area contributed by atoms with Gasteiger partial charge in [0, 0.05) is 18.6 Å². The number of urea groups is 1. The van der Waals surface area contributed by atoms with Crippen molar-refractivity contribution >= 4 is 12.0 Å². The minimum Gasteiger partial charge on any atom is -0.481 e. The van der Waals surface area contributed by atoms with Gasteiger partial charge in [-0.3, -0.25) is 4.79 Å². The molecule has 0 radical (unpaired) electrons. The largest absolute Gasteiger partial charge is 0.481 e. The van der Waals surface area contributed by atoms with E-state index in [4.69, 9.17) is 5.11 Å². The van der Waals surface area contributed by atoms with E-state index < -0.39 is 11.5 Å². The number of nitrogens with zero attached hydrogens (tertiary/aromatic N) is 1. The average Bonchev–Trinajstić information content (AvgIpc) is 2.14. The zero-order chi connectivity index (χ0) is 13.5. The fraction of sp³-hybridized carbons (Fsp3) is 0.667. The second kappa shape index (κ2) is 6.93. The van der Waals surface area contributed by atoms with E-state index in [9.17, 15) is 9.59 Å². The van der Waals surface area contributed by atoms with E-state index in [1.807, 2.05) is 6.92 Å². The molecule has 17 heavy (non-hydrogen) atoms. The summed E-state index contributed by atoms with van der Waals surface area (Å²) in [6, 6.07) is -0.252. The lowest BCUT2D eigenvalue weighted by Crippen LogP contribution is -2.51. The maximum absolute atomic E-state index is 11.9. The van der Waals surface area contributed by atoms with Crippen LogP contribution in [0.25, 0.3) is 0 Å². The zero-order valence-corrected chi connectivity index (χ0v) is 10.8. The Morgan fingerprint density at radius 2 is 2.06 bits per heavy atom. The molecular weight excluding hydrogens is 220 g/mol. The van der Waals surface area contributed by atoms with Gasteiger partial charge in [-0.05, 0) is 20.3 Å². The molecule has 98 valence electrons. The third-order valence-electron chi connectivity index (χ3n) is 2.17. The number of hydrogen-bond donors (Lipinski definition) is 2. The highest BCUT2D eigenvalue weighted by Crippen LogP contribution is 2.09. The molecule has 0 unspecified atom stereocenters. The number of rotatable bonds is 7. The molecule has 5 heteroatoms. The number of amides is 2. The summed E-state index contributed by atoms with van der Waals surface area (Å²) in [5.41, 5.74) is -0.754. The van der Waals surface area contributed by atoms with Crippen LogP contribution < -0.4 is 5.32 Å². The summed E-state index contributed by atoms with van der Waals surface area (Å²) in [7, 11) is 0. The molecular formula is C12H22N2O3. The van der Waals surface area contributed by atoms with Crippen molar-refractivity contribution in [2.45, 2.75) is 39.2 Å². The minimum atomic E-state index is -0.930. The number of nitrogens with one attached hydrogen (secondary N) is 1. The molecule has 0 aromatic heterocycles. The summed E-state index contributed by atoms with van der Waals surface area (Å²) in [6.45, 7) is 10.0. The Morgan fingerprint density at radius 3 is 2.47 bits per heavy atom. The van der Waals surface area contributed by atoms with Crippen LogP contribution in [0.1, 0.15) is 33.6 Å². The maximum Gasteiger partial charge on any atom is 0.318 e. The van der Waals surface area contributed by atoms with Crippen molar-refractivity contribution in [3.63, 3.8) is 0 Å². The number of aliphatic carboxylic acids is 1. The maximum atomic E-state index is 11.9. The fourth-order valence-electron chi connectivity index (χ4n) is 1.49. The highest BCUT2D eigenvalue weighted by Gasteiger charge is 2.25. The van der Waals surface area contributed by atoms with Gasteiger partial charge in [0.15, 0.2) is 0 Å². The molecule has 2 amide bonds.